The molecule has 0 aliphatic carbocycles. The molecule has 1 aliphatic rings. The zero-order valence-corrected chi connectivity index (χ0v) is 11.6. The molecule has 6 heteroatoms. The first-order valence-corrected chi connectivity index (χ1v) is 6.70. The molecule has 2 unspecified atom stereocenters. The standard InChI is InChI=1S/C13H15ClN4O/c1-8-6-18(7-9(2)19-8)12-11-10(4-3-5-15-11)16-13(14)17-12/h3-5,8-9H,6-7H2,1-2H3. The fourth-order valence-corrected chi connectivity index (χ4v) is 2.67. The lowest BCUT2D eigenvalue weighted by Gasteiger charge is -2.36. The number of morpholine rings is 1. The van der Waals surface area contributed by atoms with Gasteiger partial charge in [0.05, 0.1) is 17.7 Å². The SMILES string of the molecule is CC1CN(c2nc(Cl)nc3cccnc23)CC(C)O1. The number of anilines is 1. The van der Waals surface area contributed by atoms with E-state index in [4.69, 9.17) is 16.3 Å². The van der Waals surface area contributed by atoms with Crippen LogP contribution in [-0.4, -0.2) is 40.2 Å². The van der Waals surface area contributed by atoms with Crippen LogP contribution in [0.15, 0.2) is 18.3 Å². The van der Waals surface area contributed by atoms with E-state index in [1.54, 1.807) is 6.20 Å². The monoisotopic (exact) mass is 278 g/mol. The summed E-state index contributed by atoms with van der Waals surface area (Å²) < 4.78 is 5.74. The van der Waals surface area contributed by atoms with Crippen LogP contribution in [0.2, 0.25) is 5.28 Å². The van der Waals surface area contributed by atoms with Gasteiger partial charge in [0.1, 0.15) is 5.52 Å². The van der Waals surface area contributed by atoms with Gasteiger partial charge in [-0.25, -0.2) is 4.98 Å². The van der Waals surface area contributed by atoms with Crippen LogP contribution in [0.4, 0.5) is 5.82 Å². The number of aromatic nitrogens is 3. The normalized spacial score (nSPS) is 23.8. The van der Waals surface area contributed by atoms with Gasteiger partial charge in [-0.05, 0) is 37.6 Å². The van der Waals surface area contributed by atoms with Crippen molar-refractivity contribution in [2.75, 3.05) is 18.0 Å². The van der Waals surface area contributed by atoms with Gasteiger partial charge in [-0.1, -0.05) is 0 Å². The Hall–Kier alpha value is -1.46. The highest BCUT2D eigenvalue weighted by atomic mass is 35.5. The molecule has 0 aromatic carbocycles. The highest BCUT2D eigenvalue weighted by Crippen LogP contribution is 2.26. The quantitative estimate of drug-likeness (QED) is 0.749. The maximum absolute atomic E-state index is 6.01. The summed E-state index contributed by atoms with van der Waals surface area (Å²) in [4.78, 5) is 15.1. The van der Waals surface area contributed by atoms with Gasteiger partial charge in [-0.15, -0.1) is 0 Å². The van der Waals surface area contributed by atoms with E-state index < -0.39 is 0 Å². The first kappa shape index (κ1) is 12.6. The third-order valence-corrected chi connectivity index (χ3v) is 3.30. The van der Waals surface area contributed by atoms with E-state index in [0.29, 0.717) is 0 Å². The molecule has 1 fully saturated rings. The Labute approximate surface area is 116 Å². The number of pyridine rings is 1. The van der Waals surface area contributed by atoms with Gasteiger partial charge in [0.2, 0.25) is 5.28 Å². The molecular weight excluding hydrogens is 264 g/mol. The van der Waals surface area contributed by atoms with Crippen molar-refractivity contribution in [3.63, 3.8) is 0 Å². The molecule has 5 nitrogen and oxygen atoms in total. The second-order valence-corrected chi connectivity index (χ2v) is 5.19. The molecule has 2 aromatic heterocycles. The number of nitrogens with zero attached hydrogens (tertiary/aromatic N) is 4. The highest BCUT2D eigenvalue weighted by Gasteiger charge is 2.25. The zero-order valence-electron chi connectivity index (χ0n) is 10.9. The van der Waals surface area contributed by atoms with Crippen molar-refractivity contribution in [3.05, 3.63) is 23.6 Å². The lowest BCUT2D eigenvalue weighted by atomic mass is 10.2. The number of halogens is 1. The van der Waals surface area contributed by atoms with Gasteiger partial charge in [0.25, 0.3) is 0 Å². The topological polar surface area (TPSA) is 51.1 Å². The molecule has 0 N–H and O–H groups in total. The molecule has 0 saturated carbocycles. The smallest absolute Gasteiger partial charge is 0.225 e. The van der Waals surface area contributed by atoms with Crippen molar-refractivity contribution >= 4 is 28.5 Å². The Morgan fingerprint density at radius 3 is 2.74 bits per heavy atom. The number of fused-ring (bicyclic) bond motifs is 1. The first-order chi connectivity index (χ1) is 9.13. The Morgan fingerprint density at radius 2 is 2.00 bits per heavy atom. The number of hydrogen-bond acceptors (Lipinski definition) is 5. The molecule has 19 heavy (non-hydrogen) atoms. The zero-order chi connectivity index (χ0) is 13.4. The Kier molecular flexibility index (Phi) is 3.24. The highest BCUT2D eigenvalue weighted by molar-refractivity contribution is 6.28. The van der Waals surface area contributed by atoms with Gasteiger partial charge in [-0.2, -0.15) is 4.98 Å². The maximum Gasteiger partial charge on any atom is 0.225 e. The molecule has 1 saturated heterocycles. The van der Waals surface area contributed by atoms with Crippen molar-refractivity contribution in [3.8, 4) is 0 Å². The minimum Gasteiger partial charge on any atom is -0.372 e. The predicted molar refractivity (Wildman–Crippen MR) is 74.6 cm³/mol. The summed E-state index contributed by atoms with van der Waals surface area (Å²) in [5.74, 6) is 0.789. The summed E-state index contributed by atoms with van der Waals surface area (Å²) in [6, 6.07) is 3.74. The second-order valence-electron chi connectivity index (χ2n) is 4.85. The fourth-order valence-electron chi connectivity index (χ4n) is 2.50. The average molecular weight is 279 g/mol. The van der Waals surface area contributed by atoms with Crippen LogP contribution in [0.3, 0.4) is 0 Å². The predicted octanol–water partition coefficient (Wildman–Crippen LogP) is 2.29. The summed E-state index contributed by atoms with van der Waals surface area (Å²) in [6.45, 7) is 5.68. The van der Waals surface area contributed by atoms with Crippen molar-refractivity contribution in [1.29, 1.82) is 0 Å². The molecular formula is C13H15ClN4O. The van der Waals surface area contributed by atoms with Gasteiger partial charge in [-0.3, -0.25) is 4.98 Å². The van der Waals surface area contributed by atoms with E-state index in [0.717, 1.165) is 29.9 Å². The molecule has 2 atom stereocenters. The van der Waals surface area contributed by atoms with Crippen LogP contribution in [-0.2, 0) is 4.74 Å². The number of rotatable bonds is 1. The minimum atomic E-state index is 0.163. The molecule has 0 spiro atoms. The van der Waals surface area contributed by atoms with E-state index in [1.807, 2.05) is 12.1 Å². The Morgan fingerprint density at radius 1 is 1.26 bits per heavy atom. The largest absolute Gasteiger partial charge is 0.372 e. The molecule has 3 rings (SSSR count). The van der Waals surface area contributed by atoms with Crippen LogP contribution in [0.25, 0.3) is 11.0 Å². The summed E-state index contributed by atoms with van der Waals surface area (Å²) >= 11 is 6.01. The summed E-state index contributed by atoms with van der Waals surface area (Å²) in [5.41, 5.74) is 1.55. The maximum atomic E-state index is 6.01. The van der Waals surface area contributed by atoms with E-state index in [2.05, 4.69) is 33.7 Å². The number of hydrogen-bond donors (Lipinski definition) is 0. The fraction of sp³-hybridized carbons (Fsp3) is 0.462. The molecule has 3 heterocycles. The Balaban J connectivity index is 2.08. The number of ether oxygens (including phenoxy) is 1. The first-order valence-electron chi connectivity index (χ1n) is 6.32. The minimum absolute atomic E-state index is 0.163. The van der Waals surface area contributed by atoms with Crippen LogP contribution in [0.5, 0.6) is 0 Å². The third kappa shape index (κ3) is 2.48. The summed E-state index contributed by atoms with van der Waals surface area (Å²) in [5, 5.41) is 0.252. The van der Waals surface area contributed by atoms with Crippen LogP contribution < -0.4 is 4.90 Å². The van der Waals surface area contributed by atoms with Crippen molar-refractivity contribution in [2.45, 2.75) is 26.1 Å². The van der Waals surface area contributed by atoms with Crippen LogP contribution >= 0.6 is 11.6 Å². The third-order valence-electron chi connectivity index (χ3n) is 3.13. The lowest BCUT2D eigenvalue weighted by molar-refractivity contribution is -0.00538. The van der Waals surface area contributed by atoms with Crippen molar-refractivity contribution in [2.24, 2.45) is 0 Å². The summed E-state index contributed by atoms with van der Waals surface area (Å²) in [6.07, 6.45) is 2.07. The van der Waals surface area contributed by atoms with E-state index >= 15 is 0 Å². The molecule has 100 valence electrons. The van der Waals surface area contributed by atoms with Gasteiger partial charge in [0, 0.05) is 19.3 Å². The molecule has 0 amide bonds. The molecule has 0 radical (unpaired) electrons. The summed E-state index contributed by atoms with van der Waals surface area (Å²) in [7, 11) is 0. The van der Waals surface area contributed by atoms with E-state index in [9.17, 15) is 0 Å². The van der Waals surface area contributed by atoms with Crippen LogP contribution in [0, 0.1) is 0 Å². The average Bonchev–Trinajstić information content (AvgIpc) is 2.36. The van der Waals surface area contributed by atoms with Gasteiger partial charge >= 0.3 is 0 Å². The van der Waals surface area contributed by atoms with Gasteiger partial charge in [0.15, 0.2) is 5.82 Å². The second kappa shape index (κ2) is 4.90. The lowest BCUT2D eigenvalue weighted by Crippen LogP contribution is -2.46. The molecule has 0 bridgehead atoms. The Bertz CT molecular complexity index is 596. The van der Waals surface area contributed by atoms with Crippen molar-refractivity contribution < 1.29 is 4.74 Å². The van der Waals surface area contributed by atoms with E-state index in [1.165, 1.54) is 0 Å². The van der Waals surface area contributed by atoms with E-state index in [-0.39, 0.29) is 17.5 Å². The van der Waals surface area contributed by atoms with Crippen molar-refractivity contribution in [1.82, 2.24) is 15.0 Å². The van der Waals surface area contributed by atoms with Crippen LogP contribution in [0.1, 0.15) is 13.8 Å². The molecule has 1 aliphatic heterocycles. The molecule has 2 aromatic rings. The van der Waals surface area contributed by atoms with Gasteiger partial charge < -0.3 is 9.64 Å².